The maximum atomic E-state index is 11.5. The first-order chi connectivity index (χ1) is 16.6. The van der Waals surface area contributed by atoms with Crippen LogP contribution in [0.1, 0.15) is 61.7 Å². The zero-order valence-corrected chi connectivity index (χ0v) is 22.3. The number of benzene rings is 3. The van der Waals surface area contributed by atoms with Gasteiger partial charge in [0.05, 0.1) is 5.70 Å². The van der Waals surface area contributed by atoms with E-state index in [1.54, 1.807) is 11.3 Å². The number of hydrogen-bond acceptors (Lipinski definition) is 4. The molecule has 0 aliphatic carbocycles. The third kappa shape index (κ3) is 4.25. The van der Waals surface area contributed by atoms with Crippen LogP contribution in [0.5, 0.6) is 5.75 Å². The van der Waals surface area contributed by atoms with Crippen molar-refractivity contribution in [3.05, 3.63) is 75.7 Å². The van der Waals surface area contributed by atoms with E-state index < -0.39 is 0 Å². The van der Waals surface area contributed by atoms with Crippen LogP contribution in [0.15, 0.2) is 53.5 Å². The van der Waals surface area contributed by atoms with Gasteiger partial charge in [-0.15, -0.1) is 11.3 Å². The molecule has 2 heterocycles. The molecule has 0 fully saturated rings. The van der Waals surface area contributed by atoms with Crippen molar-refractivity contribution in [3.63, 3.8) is 0 Å². The molecule has 0 saturated carbocycles. The molecule has 1 aromatic heterocycles. The highest BCUT2D eigenvalue weighted by molar-refractivity contribution is 7.19. The number of hydrogen-bond donors (Lipinski definition) is 2. The van der Waals surface area contributed by atoms with Gasteiger partial charge in [-0.05, 0) is 76.4 Å². The standard InChI is InChI=1S/C31H34N2OS/c1-18(2)13-27-19(3)28-26(35-27)12-11-23(30(28)34)24-16-32-17-33-29(24)21-14-20-9-7-8-10-22(20)25(15-21)31(4,5)6/h7-12,14-16,18,33-34H,13,17H2,1-6H3. The highest BCUT2D eigenvalue weighted by Crippen LogP contribution is 2.43. The molecule has 1 aliphatic rings. The molecule has 0 saturated heterocycles. The number of phenolic OH excluding ortho intramolecular Hbond substituents is 1. The largest absolute Gasteiger partial charge is 0.507 e. The van der Waals surface area contributed by atoms with Gasteiger partial charge in [0.25, 0.3) is 0 Å². The van der Waals surface area contributed by atoms with Gasteiger partial charge in [-0.25, -0.2) is 0 Å². The Balaban J connectivity index is 1.74. The van der Waals surface area contributed by atoms with Crippen LogP contribution in [-0.4, -0.2) is 18.0 Å². The van der Waals surface area contributed by atoms with Crippen LogP contribution in [0.2, 0.25) is 0 Å². The lowest BCUT2D eigenvalue weighted by molar-refractivity contribution is 0.480. The maximum Gasteiger partial charge on any atom is 0.132 e. The Morgan fingerprint density at radius 1 is 1.09 bits per heavy atom. The Bertz CT molecular complexity index is 1500. The zero-order valence-electron chi connectivity index (χ0n) is 21.5. The van der Waals surface area contributed by atoms with Crippen molar-refractivity contribution >= 4 is 49.7 Å². The summed E-state index contributed by atoms with van der Waals surface area (Å²) < 4.78 is 1.14. The fraction of sp³-hybridized carbons (Fsp3) is 0.323. The monoisotopic (exact) mass is 482 g/mol. The van der Waals surface area contributed by atoms with Crippen molar-refractivity contribution in [2.45, 2.75) is 53.4 Å². The zero-order chi connectivity index (χ0) is 24.9. The SMILES string of the molecule is Cc1c(CC(C)C)sc2ccc(C3=C(c4cc(C(C)(C)C)c5ccccc5c4)NCN=C3)c(O)c12. The second-order valence-electron chi connectivity index (χ2n) is 11.0. The minimum atomic E-state index is 0.000741. The van der Waals surface area contributed by atoms with Crippen LogP contribution in [0.3, 0.4) is 0 Å². The van der Waals surface area contributed by atoms with E-state index in [0.717, 1.165) is 38.9 Å². The molecular formula is C31H34N2OS. The van der Waals surface area contributed by atoms with Gasteiger partial charge in [0.15, 0.2) is 0 Å². The molecule has 180 valence electrons. The van der Waals surface area contributed by atoms with E-state index in [0.29, 0.717) is 18.3 Å². The number of phenols is 1. The number of allylic oxidation sites excluding steroid dienone is 1. The summed E-state index contributed by atoms with van der Waals surface area (Å²) in [7, 11) is 0. The van der Waals surface area contributed by atoms with E-state index in [4.69, 9.17) is 0 Å². The lowest BCUT2D eigenvalue weighted by Crippen LogP contribution is -2.20. The number of fused-ring (bicyclic) bond motifs is 2. The van der Waals surface area contributed by atoms with Gasteiger partial charge in [0.1, 0.15) is 12.4 Å². The predicted octanol–water partition coefficient (Wildman–Crippen LogP) is 8.06. The second kappa shape index (κ2) is 8.83. The van der Waals surface area contributed by atoms with Gasteiger partial charge in [-0.3, -0.25) is 4.99 Å². The van der Waals surface area contributed by atoms with Gasteiger partial charge in [0, 0.05) is 32.3 Å². The average molecular weight is 483 g/mol. The molecule has 3 aromatic carbocycles. The molecule has 3 nitrogen and oxygen atoms in total. The van der Waals surface area contributed by atoms with Crippen molar-refractivity contribution in [1.82, 2.24) is 5.32 Å². The van der Waals surface area contributed by atoms with Gasteiger partial charge >= 0.3 is 0 Å². The van der Waals surface area contributed by atoms with Crippen LogP contribution in [0.4, 0.5) is 0 Å². The van der Waals surface area contributed by atoms with Gasteiger partial charge in [-0.2, -0.15) is 0 Å². The number of aryl methyl sites for hydroxylation is 1. The summed E-state index contributed by atoms with van der Waals surface area (Å²) >= 11 is 1.80. The summed E-state index contributed by atoms with van der Waals surface area (Å²) in [6, 6.07) is 17.3. The molecule has 0 spiro atoms. The number of rotatable bonds is 4. The van der Waals surface area contributed by atoms with E-state index in [2.05, 4.69) is 94.3 Å². The van der Waals surface area contributed by atoms with Crippen molar-refractivity contribution < 1.29 is 5.11 Å². The molecule has 2 N–H and O–H groups in total. The number of aromatic hydroxyl groups is 1. The van der Waals surface area contributed by atoms with Crippen LogP contribution in [0.25, 0.3) is 32.1 Å². The van der Waals surface area contributed by atoms with Crippen molar-refractivity contribution in [2.75, 3.05) is 6.67 Å². The molecular weight excluding hydrogens is 448 g/mol. The molecule has 0 bridgehead atoms. The van der Waals surface area contributed by atoms with Gasteiger partial charge in [0.2, 0.25) is 0 Å². The second-order valence-corrected chi connectivity index (χ2v) is 12.2. The first-order valence-corrected chi connectivity index (χ1v) is 13.2. The minimum absolute atomic E-state index is 0.000741. The summed E-state index contributed by atoms with van der Waals surface area (Å²) in [6.45, 7) is 13.9. The third-order valence-electron chi connectivity index (χ3n) is 6.85. The fourth-order valence-corrected chi connectivity index (χ4v) is 6.54. The van der Waals surface area contributed by atoms with E-state index in [1.165, 1.54) is 26.8 Å². The average Bonchev–Trinajstić information content (AvgIpc) is 3.13. The molecule has 1 aliphatic heterocycles. The van der Waals surface area contributed by atoms with Gasteiger partial charge in [-0.1, -0.05) is 58.9 Å². The predicted molar refractivity (Wildman–Crippen MR) is 153 cm³/mol. The molecule has 0 unspecified atom stereocenters. The van der Waals surface area contributed by atoms with Crippen molar-refractivity contribution in [1.29, 1.82) is 0 Å². The highest BCUT2D eigenvalue weighted by atomic mass is 32.1. The Kier molecular flexibility index (Phi) is 5.96. The smallest absolute Gasteiger partial charge is 0.132 e. The summed E-state index contributed by atoms with van der Waals surface area (Å²) in [5.41, 5.74) is 6.40. The van der Waals surface area contributed by atoms with Crippen LogP contribution in [-0.2, 0) is 11.8 Å². The van der Waals surface area contributed by atoms with Crippen LogP contribution >= 0.6 is 11.3 Å². The lowest BCUT2D eigenvalue weighted by atomic mass is 9.82. The first kappa shape index (κ1) is 23.6. The van der Waals surface area contributed by atoms with Crippen molar-refractivity contribution in [3.8, 4) is 5.75 Å². The minimum Gasteiger partial charge on any atom is -0.507 e. The van der Waals surface area contributed by atoms with E-state index in [1.807, 2.05) is 12.3 Å². The lowest BCUT2D eigenvalue weighted by Gasteiger charge is -2.25. The fourth-order valence-electron chi connectivity index (χ4n) is 5.11. The molecule has 4 heteroatoms. The Morgan fingerprint density at radius 2 is 1.86 bits per heavy atom. The summed E-state index contributed by atoms with van der Waals surface area (Å²) in [6.07, 6.45) is 2.94. The Hall–Kier alpha value is -3.11. The summed E-state index contributed by atoms with van der Waals surface area (Å²) in [4.78, 5) is 5.89. The molecule has 0 atom stereocenters. The molecule has 4 aromatic rings. The highest BCUT2D eigenvalue weighted by Gasteiger charge is 2.23. The molecule has 35 heavy (non-hydrogen) atoms. The maximum absolute atomic E-state index is 11.5. The first-order valence-electron chi connectivity index (χ1n) is 12.4. The van der Waals surface area contributed by atoms with Crippen LogP contribution < -0.4 is 5.32 Å². The summed E-state index contributed by atoms with van der Waals surface area (Å²) in [5.74, 6) is 0.933. The molecule has 0 amide bonds. The number of nitrogens with one attached hydrogen (secondary N) is 1. The number of nitrogens with zero attached hydrogens (tertiary/aromatic N) is 1. The normalized spacial score (nSPS) is 14.4. The Morgan fingerprint density at radius 3 is 2.60 bits per heavy atom. The molecule has 0 radical (unpaired) electrons. The molecule has 5 rings (SSSR count). The van der Waals surface area contributed by atoms with Crippen LogP contribution in [0, 0.1) is 12.8 Å². The Labute approximate surface area is 212 Å². The quantitative estimate of drug-likeness (QED) is 0.309. The van der Waals surface area contributed by atoms with E-state index >= 15 is 0 Å². The van der Waals surface area contributed by atoms with E-state index in [-0.39, 0.29) is 5.41 Å². The topological polar surface area (TPSA) is 44.6 Å². The van der Waals surface area contributed by atoms with Gasteiger partial charge < -0.3 is 10.4 Å². The summed E-state index contributed by atoms with van der Waals surface area (Å²) in [5, 5.41) is 18.5. The van der Waals surface area contributed by atoms with Crippen molar-refractivity contribution in [2.24, 2.45) is 10.9 Å². The number of thiophene rings is 1. The number of aliphatic imine (C=N–C) groups is 1. The third-order valence-corrected chi connectivity index (χ3v) is 8.12. The van der Waals surface area contributed by atoms with E-state index in [9.17, 15) is 5.11 Å².